The van der Waals surface area contributed by atoms with Crippen LogP contribution in [0.5, 0.6) is 5.75 Å². The van der Waals surface area contributed by atoms with Gasteiger partial charge in [0.05, 0.1) is 13.2 Å². The normalized spacial score (nSPS) is 22.9. The maximum atomic E-state index is 11.8. The summed E-state index contributed by atoms with van der Waals surface area (Å²) in [7, 11) is 0. The summed E-state index contributed by atoms with van der Waals surface area (Å²) in [5.74, 6) is 2.10. The smallest absolute Gasteiger partial charge is 0.275 e. The molecule has 2 aliphatic heterocycles. The topological polar surface area (TPSA) is 35.7 Å². The van der Waals surface area contributed by atoms with Crippen molar-refractivity contribution in [3.8, 4) is 5.75 Å². The Morgan fingerprint density at radius 3 is 2.54 bits per heavy atom. The molecule has 2 aromatic rings. The van der Waals surface area contributed by atoms with Crippen LogP contribution in [0.2, 0.25) is 0 Å². The van der Waals surface area contributed by atoms with E-state index < -0.39 is 5.72 Å². The van der Waals surface area contributed by atoms with Crippen molar-refractivity contribution in [2.24, 2.45) is 0 Å². The van der Waals surface area contributed by atoms with Crippen molar-refractivity contribution in [3.63, 3.8) is 0 Å². The van der Waals surface area contributed by atoms with E-state index in [0.717, 1.165) is 30.0 Å². The number of ether oxygens (including phenoxy) is 1. The van der Waals surface area contributed by atoms with Crippen LogP contribution < -0.4 is 9.64 Å². The molecule has 1 N–H and O–H groups in total. The molecule has 0 radical (unpaired) electrons. The first kappa shape index (κ1) is 17.1. The maximum Gasteiger partial charge on any atom is 0.275 e. The van der Waals surface area contributed by atoms with Gasteiger partial charge in [0.25, 0.3) is 11.6 Å². The van der Waals surface area contributed by atoms with Crippen molar-refractivity contribution in [1.82, 2.24) is 0 Å². The van der Waals surface area contributed by atoms with Crippen molar-refractivity contribution in [1.29, 1.82) is 0 Å². The van der Waals surface area contributed by atoms with Gasteiger partial charge in [0, 0.05) is 12.0 Å². The zero-order valence-electron chi connectivity index (χ0n) is 15.4. The van der Waals surface area contributed by atoms with Gasteiger partial charge in [-0.05, 0) is 50.5 Å². The van der Waals surface area contributed by atoms with Crippen molar-refractivity contribution in [3.05, 3.63) is 60.2 Å². The molecule has 0 aliphatic carbocycles. The predicted octanol–water partition coefficient (Wildman–Crippen LogP) is 3.74. The molecule has 1 unspecified atom stereocenters. The van der Waals surface area contributed by atoms with Crippen molar-refractivity contribution in [2.45, 2.75) is 38.3 Å². The second-order valence-electron chi connectivity index (χ2n) is 7.09. The van der Waals surface area contributed by atoms with Gasteiger partial charge in [0.15, 0.2) is 6.54 Å². The van der Waals surface area contributed by atoms with Crippen LogP contribution in [0.3, 0.4) is 0 Å². The summed E-state index contributed by atoms with van der Waals surface area (Å²) in [5.41, 5.74) is 0.912. The Hall–Kier alpha value is -2.33. The summed E-state index contributed by atoms with van der Waals surface area (Å²) < 4.78 is 7.96. The van der Waals surface area contributed by atoms with E-state index in [0.29, 0.717) is 13.2 Å². The van der Waals surface area contributed by atoms with Crippen molar-refractivity contribution in [2.75, 3.05) is 24.6 Å². The summed E-state index contributed by atoms with van der Waals surface area (Å²) in [4.78, 5) is 2.14. The van der Waals surface area contributed by atoms with Crippen LogP contribution in [0.1, 0.15) is 38.2 Å². The van der Waals surface area contributed by atoms with E-state index in [1.165, 1.54) is 25.1 Å². The third kappa shape index (κ3) is 2.99. The van der Waals surface area contributed by atoms with E-state index in [1.54, 1.807) is 0 Å². The molecular weight excluding hydrogens is 324 g/mol. The molecular formula is C22H27N2O2+. The number of benzene rings is 2. The molecule has 26 heavy (non-hydrogen) atoms. The average Bonchev–Trinajstić information content (AvgIpc) is 2.80. The van der Waals surface area contributed by atoms with Gasteiger partial charge >= 0.3 is 0 Å². The Morgan fingerprint density at radius 1 is 1.04 bits per heavy atom. The number of amidine groups is 1. The lowest BCUT2D eigenvalue weighted by atomic mass is 10.00. The van der Waals surface area contributed by atoms with E-state index in [4.69, 9.17) is 4.74 Å². The van der Waals surface area contributed by atoms with Gasteiger partial charge in [-0.2, -0.15) is 4.90 Å². The van der Waals surface area contributed by atoms with Gasteiger partial charge < -0.3 is 9.84 Å². The SMILES string of the molecule is CCOc1ccc(N2C3=[N+](CCCCC3)CC2(O)c2ccccc2)cc1. The first-order valence-electron chi connectivity index (χ1n) is 9.64. The molecule has 4 heteroatoms. The van der Waals surface area contributed by atoms with Gasteiger partial charge in [0.2, 0.25) is 0 Å². The van der Waals surface area contributed by atoms with Crippen molar-refractivity contribution >= 4 is 11.5 Å². The minimum atomic E-state index is -1.04. The highest BCUT2D eigenvalue weighted by atomic mass is 16.5. The lowest BCUT2D eigenvalue weighted by molar-refractivity contribution is -0.534. The van der Waals surface area contributed by atoms with Crippen LogP contribution >= 0.6 is 0 Å². The van der Waals surface area contributed by atoms with Crippen LogP contribution in [-0.2, 0) is 5.72 Å². The summed E-state index contributed by atoms with van der Waals surface area (Å²) in [6, 6.07) is 18.1. The number of hydrogen-bond donors (Lipinski definition) is 1. The van der Waals surface area contributed by atoms with Gasteiger partial charge in [-0.1, -0.05) is 30.3 Å². The maximum absolute atomic E-state index is 11.8. The monoisotopic (exact) mass is 351 g/mol. The molecule has 4 nitrogen and oxygen atoms in total. The molecule has 0 saturated carbocycles. The molecule has 0 fully saturated rings. The van der Waals surface area contributed by atoms with E-state index in [-0.39, 0.29) is 0 Å². The van der Waals surface area contributed by atoms with Gasteiger partial charge in [-0.3, -0.25) is 4.58 Å². The molecule has 0 aromatic heterocycles. The fourth-order valence-corrected chi connectivity index (χ4v) is 4.17. The Labute approximate surface area is 155 Å². The van der Waals surface area contributed by atoms with E-state index >= 15 is 0 Å². The van der Waals surface area contributed by atoms with Gasteiger partial charge in [0.1, 0.15) is 11.4 Å². The molecule has 0 bridgehead atoms. The highest BCUT2D eigenvalue weighted by Crippen LogP contribution is 2.38. The first-order chi connectivity index (χ1) is 12.7. The third-order valence-electron chi connectivity index (χ3n) is 5.37. The van der Waals surface area contributed by atoms with E-state index in [1.807, 2.05) is 49.4 Å². The third-order valence-corrected chi connectivity index (χ3v) is 5.37. The van der Waals surface area contributed by atoms with E-state index in [2.05, 4.69) is 21.6 Å². The predicted molar refractivity (Wildman–Crippen MR) is 104 cm³/mol. The largest absolute Gasteiger partial charge is 0.494 e. The van der Waals surface area contributed by atoms with Crippen molar-refractivity contribution < 1.29 is 14.4 Å². The first-order valence-corrected chi connectivity index (χ1v) is 9.64. The second-order valence-corrected chi connectivity index (χ2v) is 7.09. The summed E-state index contributed by atoms with van der Waals surface area (Å²) in [5, 5.41) is 11.8. The highest BCUT2D eigenvalue weighted by molar-refractivity contribution is 5.97. The summed E-state index contributed by atoms with van der Waals surface area (Å²) >= 11 is 0. The molecule has 2 aromatic carbocycles. The Morgan fingerprint density at radius 2 is 1.81 bits per heavy atom. The summed E-state index contributed by atoms with van der Waals surface area (Å²) in [6.07, 6.45) is 4.61. The highest BCUT2D eigenvalue weighted by Gasteiger charge is 2.53. The quantitative estimate of drug-likeness (QED) is 0.853. The Bertz CT molecular complexity index is 786. The number of hydrogen-bond acceptors (Lipinski definition) is 3. The standard InChI is InChI=1S/C22H27N2O2/c1-2-26-20-14-12-19(13-15-20)24-21-11-7-4-8-16-23(21)17-22(24,25)18-9-5-3-6-10-18/h3,5-6,9-10,12-15,25H,2,4,7-8,11,16-17H2,1H3/q+1. The molecule has 0 saturated heterocycles. The molecule has 136 valence electrons. The minimum Gasteiger partial charge on any atom is -0.494 e. The fraction of sp³-hybridized carbons (Fsp3) is 0.409. The molecule has 2 aliphatic rings. The van der Waals surface area contributed by atoms with Crippen LogP contribution in [0.25, 0.3) is 0 Å². The molecule has 0 spiro atoms. The Kier molecular flexibility index (Phi) is 4.68. The molecule has 1 atom stereocenters. The zero-order valence-corrected chi connectivity index (χ0v) is 15.4. The average molecular weight is 351 g/mol. The van der Waals surface area contributed by atoms with Crippen LogP contribution in [0, 0.1) is 0 Å². The molecule has 0 amide bonds. The fourth-order valence-electron chi connectivity index (χ4n) is 4.17. The van der Waals surface area contributed by atoms with Gasteiger partial charge in [-0.25, -0.2) is 0 Å². The number of aliphatic hydroxyl groups is 1. The number of rotatable bonds is 4. The van der Waals surface area contributed by atoms with E-state index in [9.17, 15) is 5.11 Å². The lowest BCUT2D eigenvalue weighted by Gasteiger charge is -2.29. The number of nitrogens with zero attached hydrogens (tertiary/aromatic N) is 2. The summed E-state index contributed by atoms with van der Waals surface area (Å²) in [6.45, 7) is 4.27. The minimum absolute atomic E-state index is 0.611. The van der Waals surface area contributed by atoms with Crippen LogP contribution in [-0.4, -0.2) is 35.2 Å². The molecule has 2 heterocycles. The second kappa shape index (κ2) is 7.12. The van der Waals surface area contributed by atoms with Crippen LogP contribution in [0.15, 0.2) is 54.6 Å². The lowest BCUT2D eigenvalue weighted by Crippen LogP contribution is -2.47. The van der Waals surface area contributed by atoms with Crippen LogP contribution in [0.4, 0.5) is 5.69 Å². The van der Waals surface area contributed by atoms with Gasteiger partial charge in [-0.15, -0.1) is 0 Å². The zero-order chi connectivity index (χ0) is 18.0. The molecule has 4 rings (SSSR count). The Balaban J connectivity index is 1.77. The number of anilines is 1.